The Morgan fingerprint density at radius 3 is 2.59 bits per heavy atom. The molecule has 1 aromatic carbocycles. The minimum Gasteiger partial charge on any atom is -0.492 e. The van der Waals surface area contributed by atoms with Crippen molar-refractivity contribution in [1.29, 1.82) is 0 Å². The second kappa shape index (κ2) is 10.1. The number of ether oxygens (including phenoxy) is 2. The normalized spacial score (nSPS) is 20.2. The quantitative estimate of drug-likeness (QED) is 0.660. The highest BCUT2D eigenvalue weighted by molar-refractivity contribution is 6.30. The molecule has 1 saturated carbocycles. The monoisotopic (exact) mass is 400 g/mol. The lowest BCUT2D eigenvalue weighted by molar-refractivity contribution is 0.0514. The lowest BCUT2D eigenvalue weighted by Crippen LogP contribution is -2.39. The van der Waals surface area contributed by atoms with E-state index in [9.17, 15) is 9.18 Å². The number of nitrogens with one attached hydrogen (secondary N) is 2. The first kappa shape index (κ1) is 21.8. The zero-order valence-electron chi connectivity index (χ0n) is 16.3. The van der Waals surface area contributed by atoms with Crippen LogP contribution in [0.3, 0.4) is 0 Å². The summed E-state index contributed by atoms with van der Waals surface area (Å²) in [4.78, 5) is 11.7. The molecular formula is C20H30ClFN2O3. The van der Waals surface area contributed by atoms with E-state index in [1.807, 2.05) is 20.8 Å². The van der Waals surface area contributed by atoms with Gasteiger partial charge in [-0.25, -0.2) is 9.18 Å². The first-order chi connectivity index (χ1) is 12.7. The number of benzene rings is 1. The van der Waals surface area contributed by atoms with Gasteiger partial charge in [0.15, 0.2) is 0 Å². The lowest BCUT2D eigenvalue weighted by Gasteiger charge is -2.29. The van der Waals surface area contributed by atoms with Crippen LogP contribution in [0.2, 0.25) is 5.02 Å². The molecule has 0 atom stereocenters. The van der Waals surface area contributed by atoms with Crippen molar-refractivity contribution < 1.29 is 18.7 Å². The van der Waals surface area contributed by atoms with Gasteiger partial charge < -0.3 is 20.1 Å². The van der Waals surface area contributed by atoms with Gasteiger partial charge in [0.25, 0.3) is 0 Å². The number of carbonyl (C=O) groups is 1. The number of rotatable bonds is 7. The standard InChI is InChI=1S/C20H30ClFN2O3/c1-20(2,3)27-19(25)24-13-14-4-6-15(7-5-14)23-10-11-26-16-8-9-17(21)18(22)12-16/h8-9,12,14-15,23H,4-7,10-11,13H2,1-3H3,(H,24,25)/t14-,15-. The van der Waals surface area contributed by atoms with Gasteiger partial charge in [0, 0.05) is 25.2 Å². The van der Waals surface area contributed by atoms with E-state index in [4.69, 9.17) is 21.1 Å². The largest absolute Gasteiger partial charge is 0.492 e. The third-order valence-electron chi connectivity index (χ3n) is 4.48. The molecule has 1 amide bonds. The summed E-state index contributed by atoms with van der Waals surface area (Å²) in [5, 5.41) is 6.43. The predicted molar refractivity (Wildman–Crippen MR) is 105 cm³/mol. The van der Waals surface area contributed by atoms with Gasteiger partial charge >= 0.3 is 6.09 Å². The van der Waals surface area contributed by atoms with Crippen molar-refractivity contribution in [3.63, 3.8) is 0 Å². The molecule has 7 heteroatoms. The summed E-state index contributed by atoms with van der Waals surface area (Å²) in [5.74, 6) is 0.500. The van der Waals surface area contributed by atoms with Gasteiger partial charge in [0.2, 0.25) is 0 Å². The van der Waals surface area contributed by atoms with E-state index in [-0.39, 0.29) is 11.1 Å². The van der Waals surface area contributed by atoms with Crippen LogP contribution >= 0.6 is 11.6 Å². The molecule has 1 fully saturated rings. The van der Waals surface area contributed by atoms with Crippen molar-refractivity contribution in [3.8, 4) is 5.75 Å². The van der Waals surface area contributed by atoms with Gasteiger partial charge in [-0.05, 0) is 64.5 Å². The van der Waals surface area contributed by atoms with Crippen molar-refractivity contribution in [2.75, 3.05) is 19.7 Å². The Hall–Kier alpha value is -1.53. The molecule has 0 bridgehead atoms. The number of hydrogen-bond donors (Lipinski definition) is 2. The van der Waals surface area contributed by atoms with Gasteiger partial charge in [-0.2, -0.15) is 0 Å². The van der Waals surface area contributed by atoms with Crippen molar-refractivity contribution in [2.24, 2.45) is 5.92 Å². The zero-order valence-corrected chi connectivity index (χ0v) is 17.1. The molecule has 0 spiro atoms. The van der Waals surface area contributed by atoms with Crippen LogP contribution in [-0.2, 0) is 4.74 Å². The third-order valence-corrected chi connectivity index (χ3v) is 4.78. The highest BCUT2D eigenvalue weighted by Crippen LogP contribution is 2.24. The number of carbonyl (C=O) groups excluding carboxylic acids is 1. The average Bonchev–Trinajstić information content (AvgIpc) is 2.59. The van der Waals surface area contributed by atoms with Crippen LogP contribution in [0.1, 0.15) is 46.5 Å². The summed E-state index contributed by atoms with van der Waals surface area (Å²) in [6, 6.07) is 4.90. The third kappa shape index (κ3) is 8.35. The lowest BCUT2D eigenvalue weighted by atomic mass is 9.86. The van der Waals surface area contributed by atoms with E-state index >= 15 is 0 Å². The topological polar surface area (TPSA) is 59.6 Å². The summed E-state index contributed by atoms with van der Waals surface area (Å²) in [6.45, 7) is 7.41. The maximum absolute atomic E-state index is 13.3. The summed E-state index contributed by atoms with van der Waals surface area (Å²) < 4.78 is 24.1. The van der Waals surface area contributed by atoms with E-state index in [1.54, 1.807) is 6.07 Å². The van der Waals surface area contributed by atoms with Gasteiger partial charge in [-0.15, -0.1) is 0 Å². The highest BCUT2D eigenvalue weighted by atomic mass is 35.5. The Bertz CT molecular complexity index is 614. The summed E-state index contributed by atoms with van der Waals surface area (Å²) in [7, 11) is 0. The van der Waals surface area contributed by atoms with E-state index in [1.165, 1.54) is 12.1 Å². The molecule has 152 valence electrons. The van der Waals surface area contributed by atoms with E-state index in [0.29, 0.717) is 37.4 Å². The number of amides is 1. The van der Waals surface area contributed by atoms with E-state index in [2.05, 4.69) is 10.6 Å². The van der Waals surface area contributed by atoms with Crippen LogP contribution in [0.15, 0.2) is 18.2 Å². The zero-order chi connectivity index (χ0) is 19.9. The molecule has 2 rings (SSSR count). The molecule has 0 saturated heterocycles. The molecule has 0 radical (unpaired) electrons. The Balaban J connectivity index is 1.56. The maximum atomic E-state index is 13.3. The first-order valence-corrected chi connectivity index (χ1v) is 9.89. The molecule has 1 aliphatic rings. The van der Waals surface area contributed by atoms with Gasteiger partial charge in [-0.1, -0.05) is 11.6 Å². The van der Waals surface area contributed by atoms with Gasteiger partial charge in [-0.3, -0.25) is 0 Å². The van der Waals surface area contributed by atoms with Gasteiger partial charge in [0.05, 0.1) is 5.02 Å². The molecule has 2 N–H and O–H groups in total. The molecule has 5 nitrogen and oxygen atoms in total. The van der Waals surface area contributed by atoms with Crippen molar-refractivity contribution in [3.05, 3.63) is 29.0 Å². The Labute approximate surface area is 165 Å². The molecule has 0 unspecified atom stereocenters. The fraction of sp³-hybridized carbons (Fsp3) is 0.650. The molecule has 1 aliphatic carbocycles. The molecule has 1 aromatic rings. The van der Waals surface area contributed by atoms with Crippen LogP contribution in [-0.4, -0.2) is 37.4 Å². The summed E-state index contributed by atoms with van der Waals surface area (Å²) in [6.07, 6.45) is 3.92. The fourth-order valence-corrected chi connectivity index (χ4v) is 3.23. The molecular weight excluding hydrogens is 371 g/mol. The SMILES string of the molecule is CC(C)(C)OC(=O)NC[C@H]1CC[C@H](NCCOc2ccc(Cl)c(F)c2)CC1. The summed E-state index contributed by atoms with van der Waals surface area (Å²) in [5.41, 5.74) is -0.467. The van der Waals surface area contributed by atoms with Crippen LogP contribution in [0.5, 0.6) is 5.75 Å². The number of hydrogen-bond acceptors (Lipinski definition) is 4. The second-order valence-corrected chi connectivity index (χ2v) is 8.39. The maximum Gasteiger partial charge on any atom is 0.407 e. The van der Waals surface area contributed by atoms with Crippen LogP contribution in [0, 0.1) is 11.7 Å². The number of halogens is 2. The second-order valence-electron chi connectivity index (χ2n) is 7.98. The number of alkyl carbamates (subject to hydrolysis) is 1. The van der Waals surface area contributed by atoms with Crippen LogP contribution < -0.4 is 15.4 Å². The highest BCUT2D eigenvalue weighted by Gasteiger charge is 2.22. The van der Waals surface area contributed by atoms with E-state index < -0.39 is 11.4 Å². The molecule has 0 aliphatic heterocycles. The minimum absolute atomic E-state index is 0.0957. The Morgan fingerprint density at radius 2 is 1.96 bits per heavy atom. The van der Waals surface area contributed by atoms with Crippen LogP contribution in [0.4, 0.5) is 9.18 Å². The minimum atomic E-state index is -0.472. The van der Waals surface area contributed by atoms with Crippen LogP contribution in [0.25, 0.3) is 0 Å². The first-order valence-electron chi connectivity index (χ1n) is 9.51. The fourth-order valence-electron chi connectivity index (χ4n) is 3.11. The smallest absolute Gasteiger partial charge is 0.407 e. The molecule has 27 heavy (non-hydrogen) atoms. The summed E-state index contributed by atoms with van der Waals surface area (Å²) >= 11 is 5.65. The van der Waals surface area contributed by atoms with E-state index in [0.717, 1.165) is 25.7 Å². The van der Waals surface area contributed by atoms with Crippen molar-refractivity contribution in [2.45, 2.75) is 58.1 Å². The molecule has 0 heterocycles. The van der Waals surface area contributed by atoms with Crippen molar-refractivity contribution in [1.82, 2.24) is 10.6 Å². The Morgan fingerprint density at radius 1 is 1.26 bits per heavy atom. The molecule has 0 aromatic heterocycles. The average molecular weight is 401 g/mol. The Kier molecular flexibility index (Phi) is 8.17. The van der Waals surface area contributed by atoms with Crippen molar-refractivity contribution >= 4 is 17.7 Å². The predicted octanol–water partition coefficient (Wildman–Crippen LogP) is 4.53. The van der Waals surface area contributed by atoms with Gasteiger partial charge in [0.1, 0.15) is 23.8 Å².